The number of aromatic nitrogens is 2. The summed E-state index contributed by atoms with van der Waals surface area (Å²) in [7, 11) is 0. The van der Waals surface area contributed by atoms with Crippen molar-refractivity contribution in [3.05, 3.63) is 51.0 Å². The van der Waals surface area contributed by atoms with Crippen LogP contribution < -0.4 is 5.32 Å². The van der Waals surface area contributed by atoms with Gasteiger partial charge in [-0.2, -0.15) is 5.10 Å². The third-order valence-corrected chi connectivity index (χ3v) is 4.38. The first-order valence-electron chi connectivity index (χ1n) is 8.01. The van der Waals surface area contributed by atoms with Crippen LogP contribution in [0.2, 0.25) is 0 Å². The second-order valence-corrected chi connectivity index (χ2v) is 7.33. The molecule has 0 radical (unpaired) electrons. The van der Waals surface area contributed by atoms with Crippen LogP contribution in [0.1, 0.15) is 36.4 Å². The van der Waals surface area contributed by atoms with Gasteiger partial charge in [0.2, 0.25) is 5.91 Å². The maximum absolute atomic E-state index is 13.7. The van der Waals surface area contributed by atoms with Gasteiger partial charge in [-0.05, 0) is 38.0 Å². The number of halogens is 2. The summed E-state index contributed by atoms with van der Waals surface area (Å²) >= 11 is 3.31. The number of benzene rings is 1. The quantitative estimate of drug-likeness (QED) is 0.805. The Morgan fingerprint density at radius 3 is 2.75 bits per heavy atom. The molecule has 0 saturated carbocycles. The van der Waals surface area contributed by atoms with E-state index >= 15 is 0 Å². The van der Waals surface area contributed by atoms with Crippen molar-refractivity contribution in [2.75, 3.05) is 0 Å². The van der Waals surface area contributed by atoms with E-state index in [4.69, 9.17) is 0 Å². The van der Waals surface area contributed by atoms with E-state index in [-0.39, 0.29) is 24.7 Å². The molecule has 1 N–H and O–H groups in total. The minimum atomic E-state index is -0.324. The molecule has 0 spiro atoms. The minimum absolute atomic E-state index is 0.135. The van der Waals surface area contributed by atoms with E-state index in [9.17, 15) is 9.18 Å². The van der Waals surface area contributed by atoms with E-state index in [0.717, 1.165) is 28.0 Å². The Bertz CT molecular complexity index is 740. The predicted octanol–water partition coefficient (Wildman–Crippen LogP) is 3.92. The first kappa shape index (κ1) is 18.6. The summed E-state index contributed by atoms with van der Waals surface area (Å²) in [5, 5.41) is 7.30. The van der Waals surface area contributed by atoms with E-state index in [1.54, 1.807) is 12.1 Å². The fraction of sp³-hybridized carbons (Fsp3) is 0.444. The standard InChI is InChI=1S/C18H23BrFN3O/c1-11(2)10-23-13(4)16(12(3)22-23)8-18(24)21-9-14-7-15(19)5-6-17(14)20/h5-7,11H,8-10H2,1-4H3,(H,21,24). The van der Waals surface area contributed by atoms with E-state index in [1.165, 1.54) is 6.07 Å². The molecular weight excluding hydrogens is 373 g/mol. The molecule has 1 aromatic carbocycles. The fourth-order valence-corrected chi connectivity index (χ4v) is 3.02. The lowest BCUT2D eigenvalue weighted by Crippen LogP contribution is -2.25. The lowest BCUT2D eigenvalue weighted by molar-refractivity contribution is -0.120. The molecule has 1 heterocycles. The highest BCUT2D eigenvalue weighted by atomic mass is 79.9. The molecule has 1 aromatic heterocycles. The van der Waals surface area contributed by atoms with E-state index < -0.39 is 0 Å². The summed E-state index contributed by atoms with van der Waals surface area (Å²) in [4.78, 5) is 12.2. The molecule has 130 valence electrons. The van der Waals surface area contributed by atoms with E-state index in [1.807, 2.05) is 18.5 Å². The van der Waals surface area contributed by atoms with Gasteiger partial charge in [0, 0.05) is 34.4 Å². The van der Waals surface area contributed by atoms with Crippen LogP contribution in [0.3, 0.4) is 0 Å². The van der Waals surface area contributed by atoms with Crippen LogP contribution in [0.5, 0.6) is 0 Å². The second-order valence-electron chi connectivity index (χ2n) is 6.41. The summed E-state index contributed by atoms with van der Waals surface area (Å²) in [5.41, 5.74) is 3.30. The Labute approximate surface area is 150 Å². The Morgan fingerprint density at radius 1 is 1.38 bits per heavy atom. The summed E-state index contributed by atoms with van der Waals surface area (Å²) < 4.78 is 16.5. The molecule has 4 nitrogen and oxygen atoms in total. The van der Waals surface area contributed by atoms with Crippen LogP contribution in [0.4, 0.5) is 4.39 Å². The number of aryl methyl sites for hydroxylation is 1. The molecule has 0 unspecified atom stereocenters. The average Bonchev–Trinajstić information content (AvgIpc) is 2.75. The molecule has 6 heteroatoms. The lowest BCUT2D eigenvalue weighted by atomic mass is 10.1. The number of carbonyl (C=O) groups is 1. The van der Waals surface area contributed by atoms with Gasteiger partial charge in [0.25, 0.3) is 0 Å². The number of hydrogen-bond acceptors (Lipinski definition) is 2. The van der Waals surface area contributed by atoms with Crippen molar-refractivity contribution in [3.63, 3.8) is 0 Å². The maximum Gasteiger partial charge on any atom is 0.224 e. The molecular formula is C18H23BrFN3O. The van der Waals surface area contributed by atoms with Gasteiger partial charge in [0.1, 0.15) is 5.82 Å². The van der Waals surface area contributed by atoms with Crippen LogP contribution in [-0.4, -0.2) is 15.7 Å². The molecule has 0 saturated heterocycles. The number of hydrogen-bond donors (Lipinski definition) is 1. The molecule has 0 fully saturated rings. The van der Waals surface area contributed by atoms with Gasteiger partial charge in [-0.3, -0.25) is 9.48 Å². The van der Waals surface area contributed by atoms with Crippen molar-refractivity contribution in [1.82, 2.24) is 15.1 Å². The van der Waals surface area contributed by atoms with Gasteiger partial charge in [-0.1, -0.05) is 29.8 Å². The molecule has 0 bridgehead atoms. The van der Waals surface area contributed by atoms with Gasteiger partial charge >= 0.3 is 0 Å². The van der Waals surface area contributed by atoms with Crippen LogP contribution in [0.25, 0.3) is 0 Å². The van der Waals surface area contributed by atoms with Crippen molar-refractivity contribution >= 4 is 21.8 Å². The first-order valence-corrected chi connectivity index (χ1v) is 8.80. The van der Waals surface area contributed by atoms with E-state index in [0.29, 0.717) is 11.5 Å². The monoisotopic (exact) mass is 395 g/mol. The average molecular weight is 396 g/mol. The summed E-state index contributed by atoms with van der Waals surface area (Å²) in [6.45, 7) is 9.17. The number of nitrogens with zero attached hydrogens (tertiary/aromatic N) is 2. The normalized spacial score (nSPS) is 11.1. The topological polar surface area (TPSA) is 46.9 Å². The van der Waals surface area contributed by atoms with Crippen molar-refractivity contribution < 1.29 is 9.18 Å². The number of rotatable bonds is 6. The van der Waals surface area contributed by atoms with Crippen LogP contribution in [-0.2, 0) is 24.3 Å². The molecule has 1 amide bonds. The largest absolute Gasteiger partial charge is 0.352 e. The smallest absolute Gasteiger partial charge is 0.224 e. The van der Waals surface area contributed by atoms with Crippen molar-refractivity contribution in [2.24, 2.45) is 5.92 Å². The maximum atomic E-state index is 13.7. The summed E-state index contributed by atoms with van der Waals surface area (Å²) in [6.07, 6.45) is 0.255. The molecule has 0 aliphatic rings. The molecule has 0 aliphatic heterocycles. The third-order valence-electron chi connectivity index (χ3n) is 3.89. The predicted molar refractivity (Wildman–Crippen MR) is 96.2 cm³/mol. The molecule has 0 aliphatic carbocycles. The van der Waals surface area contributed by atoms with Gasteiger partial charge < -0.3 is 5.32 Å². The molecule has 0 atom stereocenters. The second kappa shape index (κ2) is 7.92. The number of carbonyl (C=O) groups excluding carboxylic acids is 1. The van der Waals surface area contributed by atoms with Gasteiger partial charge in [-0.15, -0.1) is 0 Å². The van der Waals surface area contributed by atoms with Crippen molar-refractivity contribution in [1.29, 1.82) is 0 Å². The minimum Gasteiger partial charge on any atom is -0.352 e. The van der Waals surface area contributed by atoms with Crippen molar-refractivity contribution in [2.45, 2.75) is 47.2 Å². The van der Waals surface area contributed by atoms with Crippen LogP contribution in [0.15, 0.2) is 22.7 Å². The zero-order valence-corrected chi connectivity index (χ0v) is 16.1. The highest BCUT2D eigenvalue weighted by Crippen LogP contribution is 2.17. The number of nitrogens with one attached hydrogen (secondary N) is 1. The first-order chi connectivity index (χ1) is 11.3. The Morgan fingerprint density at radius 2 is 2.08 bits per heavy atom. The van der Waals surface area contributed by atoms with Gasteiger partial charge in [0.15, 0.2) is 0 Å². The van der Waals surface area contributed by atoms with Crippen LogP contribution in [0, 0.1) is 25.6 Å². The van der Waals surface area contributed by atoms with Gasteiger partial charge in [-0.25, -0.2) is 4.39 Å². The summed E-state index contributed by atoms with van der Waals surface area (Å²) in [6, 6.07) is 4.69. The molecule has 24 heavy (non-hydrogen) atoms. The fourth-order valence-electron chi connectivity index (χ4n) is 2.61. The summed E-state index contributed by atoms with van der Waals surface area (Å²) in [5.74, 6) is 0.0319. The Hall–Kier alpha value is -1.69. The SMILES string of the molecule is Cc1nn(CC(C)C)c(C)c1CC(=O)NCc1cc(Br)ccc1F. The number of amides is 1. The zero-order chi connectivity index (χ0) is 17.9. The highest BCUT2D eigenvalue weighted by molar-refractivity contribution is 9.10. The van der Waals surface area contributed by atoms with Gasteiger partial charge in [0.05, 0.1) is 12.1 Å². The lowest BCUT2D eigenvalue weighted by Gasteiger charge is -2.09. The van der Waals surface area contributed by atoms with E-state index in [2.05, 4.69) is 40.2 Å². The zero-order valence-electron chi connectivity index (χ0n) is 14.5. The molecule has 2 aromatic rings. The Balaban J connectivity index is 2.02. The third kappa shape index (κ3) is 4.66. The Kier molecular flexibility index (Phi) is 6.15. The highest BCUT2D eigenvalue weighted by Gasteiger charge is 2.15. The van der Waals surface area contributed by atoms with Crippen LogP contribution >= 0.6 is 15.9 Å². The molecule has 2 rings (SSSR count). The van der Waals surface area contributed by atoms with Crippen molar-refractivity contribution in [3.8, 4) is 0 Å².